The number of hydrogen-bond donors (Lipinski definition) is 0. The van der Waals surface area contributed by atoms with Crippen molar-refractivity contribution in [3.8, 4) is 0 Å². The van der Waals surface area contributed by atoms with Crippen molar-refractivity contribution in [3.05, 3.63) is 47.7 Å². The quantitative estimate of drug-likeness (QED) is 0.393. The van der Waals surface area contributed by atoms with Gasteiger partial charge in [-0.15, -0.1) is 5.73 Å². The minimum atomic E-state index is -1.58. The molecule has 23 heavy (non-hydrogen) atoms. The van der Waals surface area contributed by atoms with E-state index in [2.05, 4.69) is 50.8 Å². The topological polar surface area (TPSA) is 29.5 Å². The van der Waals surface area contributed by atoms with Crippen LogP contribution < -0.4 is 0 Å². The van der Waals surface area contributed by atoms with Crippen LogP contribution in [0.3, 0.4) is 0 Å². The van der Waals surface area contributed by atoms with Gasteiger partial charge in [0, 0.05) is 7.05 Å². The van der Waals surface area contributed by atoms with E-state index in [1.165, 1.54) is 41.1 Å². The highest BCUT2D eigenvalue weighted by atomic mass is 28.3. The summed E-state index contributed by atoms with van der Waals surface area (Å²) in [5.41, 5.74) is 4.73. The zero-order chi connectivity index (χ0) is 17.3. The molecule has 126 valence electrons. The second kappa shape index (κ2) is 9.51. The Morgan fingerprint density at radius 3 is 2.22 bits per heavy atom. The van der Waals surface area contributed by atoms with Gasteiger partial charge in [-0.05, 0) is 16.8 Å². The predicted octanol–water partition coefficient (Wildman–Crippen LogP) is 4.68. The van der Waals surface area contributed by atoms with E-state index in [1.807, 2.05) is 12.1 Å². The molecule has 0 saturated heterocycles. The van der Waals surface area contributed by atoms with Crippen molar-refractivity contribution in [2.75, 3.05) is 14.2 Å². The highest BCUT2D eigenvalue weighted by Crippen LogP contribution is 2.34. The molecule has 1 rings (SSSR count). The van der Waals surface area contributed by atoms with Gasteiger partial charge < -0.3 is 0 Å². The number of rotatable bonds is 8. The molecule has 0 unspecified atom stereocenters. The highest BCUT2D eigenvalue weighted by molar-refractivity contribution is 6.96. The summed E-state index contributed by atoms with van der Waals surface area (Å²) >= 11 is 0. The summed E-state index contributed by atoms with van der Waals surface area (Å²) in [5, 5.41) is 2.59. The molecule has 0 aliphatic heterocycles. The number of hydroxylamine groups is 2. The van der Waals surface area contributed by atoms with Crippen LogP contribution in [0.2, 0.25) is 18.1 Å². The summed E-state index contributed by atoms with van der Waals surface area (Å²) in [6, 6.07) is 14.1. The van der Waals surface area contributed by atoms with Gasteiger partial charge in [0.25, 0.3) is 0 Å². The van der Waals surface area contributed by atoms with Crippen LogP contribution in [0.5, 0.6) is 0 Å². The number of carbonyl (C=O) groups is 1. The van der Waals surface area contributed by atoms with Crippen LogP contribution >= 0.6 is 0 Å². The zero-order valence-corrected chi connectivity index (χ0v) is 16.1. The molecule has 0 radical (unpaired) electrons. The van der Waals surface area contributed by atoms with E-state index in [1.54, 1.807) is 7.05 Å². The lowest BCUT2D eigenvalue weighted by atomic mass is 10.2. The molecule has 1 amide bonds. The lowest BCUT2D eigenvalue weighted by Gasteiger charge is -2.30. The van der Waals surface area contributed by atoms with Gasteiger partial charge in [-0.2, -0.15) is 0 Å². The largest absolute Gasteiger partial charge is 0.275 e. The number of nitrogens with zero attached hydrogens (tertiary/aromatic N) is 1. The maximum absolute atomic E-state index is 11.9. The summed E-state index contributed by atoms with van der Waals surface area (Å²) in [7, 11) is 1.55. The van der Waals surface area contributed by atoms with E-state index >= 15 is 0 Å². The van der Waals surface area contributed by atoms with Gasteiger partial charge >= 0.3 is 0 Å². The molecule has 0 atom stereocenters. The second-order valence-electron chi connectivity index (χ2n) is 5.71. The van der Waals surface area contributed by atoms with E-state index in [4.69, 9.17) is 4.84 Å². The predicted molar refractivity (Wildman–Crippen MR) is 99.5 cm³/mol. The van der Waals surface area contributed by atoms with Crippen molar-refractivity contribution in [1.29, 1.82) is 0 Å². The van der Waals surface area contributed by atoms with Crippen LogP contribution in [-0.2, 0) is 9.63 Å². The van der Waals surface area contributed by atoms with Crippen molar-refractivity contribution in [2.45, 2.75) is 45.3 Å². The third-order valence-corrected chi connectivity index (χ3v) is 10.3. The van der Waals surface area contributed by atoms with Crippen molar-refractivity contribution in [3.63, 3.8) is 0 Å². The molecule has 0 spiro atoms. The molecule has 0 N–H and O–H groups in total. The van der Waals surface area contributed by atoms with Crippen LogP contribution in [0, 0.1) is 0 Å². The summed E-state index contributed by atoms with van der Waals surface area (Å²) in [6.45, 7) is 6.86. The molecule has 0 aliphatic carbocycles. The zero-order valence-electron chi connectivity index (χ0n) is 15.1. The Labute approximate surface area is 141 Å². The summed E-state index contributed by atoms with van der Waals surface area (Å²) in [5.74, 6) is -0.0656. The fraction of sp³-hybridized carbons (Fsp3) is 0.474. The van der Waals surface area contributed by atoms with Crippen LogP contribution in [-0.4, -0.2) is 33.2 Å². The summed E-state index contributed by atoms with van der Waals surface area (Å²) in [6.07, 6.45) is 2.17. The fourth-order valence-corrected chi connectivity index (χ4v) is 6.65. The lowest BCUT2D eigenvalue weighted by molar-refractivity contribution is -0.167. The normalized spacial score (nSPS) is 10.8. The second-order valence-corrected chi connectivity index (χ2v) is 10.9. The van der Waals surface area contributed by atoms with E-state index in [0.29, 0.717) is 6.42 Å². The SMILES string of the molecule is CC[Si](CC)(CC)C(=C=CCC(=O)N(C)OC)c1ccccc1. The van der Waals surface area contributed by atoms with Crippen LogP contribution in [0.15, 0.2) is 42.1 Å². The van der Waals surface area contributed by atoms with E-state index in [0.717, 1.165) is 0 Å². The molecule has 0 bridgehead atoms. The average Bonchev–Trinajstić information content (AvgIpc) is 2.61. The lowest BCUT2D eigenvalue weighted by Crippen LogP contribution is -2.33. The molecular formula is C19H29NO2Si. The maximum Gasteiger partial charge on any atom is 0.250 e. The van der Waals surface area contributed by atoms with E-state index in [-0.39, 0.29) is 5.91 Å². The molecule has 0 heterocycles. The van der Waals surface area contributed by atoms with Gasteiger partial charge in [0.1, 0.15) is 0 Å². The van der Waals surface area contributed by atoms with Gasteiger partial charge in [-0.3, -0.25) is 9.63 Å². The smallest absolute Gasteiger partial charge is 0.250 e. The Bertz CT molecular complexity index is 550. The van der Waals surface area contributed by atoms with Gasteiger partial charge in [0.2, 0.25) is 5.91 Å². The summed E-state index contributed by atoms with van der Waals surface area (Å²) in [4.78, 5) is 16.8. The number of hydrogen-bond acceptors (Lipinski definition) is 2. The first kappa shape index (κ1) is 19.4. The van der Waals surface area contributed by atoms with Crippen LogP contribution in [0.1, 0.15) is 32.8 Å². The summed E-state index contributed by atoms with van der Waals surface area (Å²) < 4.78 is 0. The minimum absolute atomic E-state index is 0.0656. The standard InChI is InChI=1S/C19H29NO2Si/c1-6-23(7-2,8-3)18(17-13-10-9-11-14-17)15-12-16-19(21)20(4)22-5/h9-14H,6-8,16H2,1-5H3. The van der Waals surface area contributed by atoms with Gasteiger partial charge in [-0.25, -0.2) is 5.06 Å². The Morgan fingerprint density at radius 1 is 1.17 bits per heavy atom. The van der Waals surface area contributed by atoms with Crippen molar-refractivity contribution >= 4 is 19.2 Å². The monoisotopic (exact) mass is 331 g/mol. The third kappa shape index (κ3) is 4.93. The molecule has 0 aromatic heterocycles. The van der Waals surface area contributed by atoms with Gasteiger partial charge in [0.05, 0.1) is 21.6 Å². The molecule has 0 saturated carbocycles. The van der Waals surface area contributed by atoms with Crippen LogP contribution in [0.4, 0.5) is 0 Å². The fourth-order valence-electron chi connectivity index (χ4n) is 2.90. The van der Waals surface area contributed by atoms with E-state index < -0.39 is 8.07 Å². The first-order chi connectivity index (χ1) is 11.0. The van der Waals surface area contributed by atoms with Gasteiger partial charge in [-0.1, -0.05) is 69.2 Å². The molecule has 0 aliphatic rings. The van der Waals surface area contributed by atoms with Crippen LogP contribution in [0.25, 0.3) is 5.20 Å². The molecule has 3 nitrogen and oxygen atoms in total. The first-order valence-corrected chi connectivity index (χ1v) is 11.0. The maximum atomic E-state index is 11.9. The van der Waals surface area contributed by atoms with Crippen molar-refractivity contribution in [2.24, 2.45) is 0 Å². The van der Waals surface area contributed by atoms with Crippen molar-refractivity contribution < 1.29 is 9.63 Å². The van der Waals surface area contributed by atoms with E-state index in [9.17, 15) is 4.79 Å². The minimum Gasteiger partial charge on any atom is -0.275 e. The number of benzene rings is 1. The number of amides is 1. The molecule has 1 aromatic carbocycles. The molecule has 0 fully saturated rings. The Hall–Kier alpha value is -1.61. The molecule has 4 heteroatoms. The first-order valence-electron chi connectivity index (χ1n) is 8.36. The number of carbonyl (C=O) groups excluding carboxylic acids is 1. The molecular weight excluding hydrogens is 302 g/mol. The highest BCUT2D eigenvalue weighted by Gasteiger charge is 2.32. The average molecular weight is 332 g/mol. The molecule has 1 aromatic rings. The Balaban J connectivity index is 3.25. The van der Waals surface area contributed by atoms with Crippen molar-refractivity contribution in [1.82, 2.24) is 5.06 Å². The Kier molecular flexibility index (Phi) is 8.03. The third-order valence-electron chi connectivity index (χ3n) is 4.77. The Morgan fingerprint density at radius 2 is 1.74 bits per heavy atom. The van der Waals surface area contributed by atoms with Gasteiger partial charge in [0.15, 0.2) is 0 Å².